The zero-order chi connectivity index (χ0) is 20.8. The van der Waals surface area contributed by atoms with E-state index in [1.807, 2.05) is 6.92 Å². The van der Waals surface area contributed by atoms with Crippen molar-refractivity contribution in [1.29, 1.82) is 0 Å². The molecule has 154 valence electrons. The molecule has 1 saturated carbocycles. The SMILES string of the molecule is CCOc1cc(C(=O)Nc2ccc(NC(=O)C3CC3)cc2)ccc1OCC(C)C. The fourth-order valence-corrected chi connectivity index (χ4v) is 2.72. The van der Waals surface area contributed by atoms with Gasteiger partial charge in [-0.15, -0.1) is 0 Å². The molecule has 0 heterocycles. The lowest BCUT2D eigenvalue weighted by atomic mass is 10.1. The molecule has 6 heteroatoms. The van der Waals surface area contributed by atoms with Gasteiger partial charge in [-0.2, -0.15) is 0 Å². The van der Waals surface area contributed by atoms with Crippen molar-refractivity contribution in [1.82, 2.24) is 0 Å². The minimum atomic E-state index is -0.240. The Morgan fingerprint density at radius 2 is 1.62 bits per heavy atom. The number of hydrogen-bond acceptors (Lipinski definition) is 4. The largest absolute Gasteiger partial charge is 0.490 e. The zero-order valence-electron chi connectivity index (χ0n) is 17.2. The highest BCUT2D eigenvalue weighted by atomic mass is 16.5. The lowest BCUT2D eigenvalue weighted by Crippen LogP contribution is -2.14. The van der Waals surface area contributed by atoms with Crippen LogP contribution in [-0.4, -0.2) is 25.0 Å². The average Bonchev–Trinajstić information content (AvgIpc) is 3.54. The van der Waals surface area contributed by atoms with Gasteiger partial charge in [0.2, 0.25) is 5.91 Å². The first kappa shape index (κ1) is 20.7. The summed E-state index contributed by atoms with van der Waals surface area (Å²) in [4.78, 5) is 24.4. The number of anilines is 2. The molecule has 3 rings (SSSR count). The van der Waals surface area contributed by atoms with E-state index in [1.54, 1.807) is 42.5 Å². The summed E-state index contributed by atoms with van der Waals surface area (Å²) in [6.45, 7) is 7.10. The molecule has 0 aliphatic heterocycles. The maximum absolute atomic E-state index is 12.6. The van der Waals surface area contributed by atoms with Crippen LogP contribution in [0.15, 0.2) is 42.5 Å². The predicted molar refractivity (Wildman–Crippen MR) is 114 cm³/mol. The number of nitrogens with one attached hydrogen (secondary N) is 2. The second-order valence-corrected chi connectivity index (χ2v) is 7.59. The Kier molecular flexibility index (Phi) is 6.75. The van der Waals surface area contributed by atoms with E-state index in [-0.39, 0.29) is 17.7 Å². The molecular formula is C23H28N2O4. The Bertz CT molecular complexity index is 858. The van der Waals surface area contributed by atoms with Gasteiger partial charge in [0.15, 0.2) is 11.5 Å². The van der Waals surface area contributed by atoms with E-state index in [0.717, 1.165) is 18.5 Å². The molecule has 0 aromatic heterocycles. The van der Waals surface area contributed by atoms with Gasteiger partial charge >= 0.3 is 0 Å². The number of carbonyl (C=O) groups excluding carboxylic acids is 2. The summed E-state index contributed by atoms with van der Waals surface area (Å²) in [5, 5.41) is 5.75. The molecule has 0 bridgehead atoms. The number of hydrogen-bond donors (Lipinski definition) is 2. The van der Waals surface area contributed by atoms with Crippen LogP contribution < -0.4 is 20.1 Å². The number of carbonyl (C=O) groups is 2. The Hall–Kier alpha value is -3.02. The van der Waals surface area contributed by atoms with Gasteiger partial charge in [-0.3, -0.25) is 9.59 Å². The third-order valence-electron chi connectivity index (χ3n) is 4.44. The molecule has 1 aliphatic rings. The fourth-order valence-electron chi connectivity index (χ4n) is 2.72. The summed E-state index contributed by atoms with van der Waals surface area (Å²) >= 11 is 0. The summed E-state index contributed by atoms with van der Waals surface area (Å²) in [6, 6.07) is 12.3. The zero-order valence-corrected chi connectivity index (χ0v) is 17.2. The Morgan fingerprint density at radius 3 is 2.21 bits per heavy atom. The van der Waals surface area contributed by atoms with Crippen molar-refractivity contribution in [2.24, 2.45) is 11.8 Å². The van der Waals surface area contributed by atoms with E-state index in [9.17, 15) is 9.59 Å². The molecular weight excluding hydrogens is 368 g/mol. The lowest BCUT2D eigenvalue weighted by Gasteiger charge is -2.14. The predicted octanol–water partition coefficient (Wildman–Crippen LogP) is 4.72. The second-order valence-electron chi connectivity index (χ2n) is 7.59. The van der Waals surface area contributed by atoms with Crippen molar-refractivity contribution < 1.29 is 19.1 Å². The highest BCUT2D eigenvalue weighted by molar-refractivity contribution is 6.04. The monoisotopic (exact) mass is 396 g/mol. The van der Waals surface area contributed by atoms with Gasteiger partial charge in [0.1, 0.15) is 0 Å². The molecule has 6 nitrogen and oxygen atoms in total. The van der Waals surface area contributed by atoms with Crippen molar-refractivity contribution in [3.8, 4) is 11.5 Å². The number of rotatable bonds is 9. The van der Waals surface area contributed by atoms with E-state index >= 15 is 0 Å². The number of ether oxygens (including phenoxy) is 2. The number of amides is 2. The van der Waals surface area contributed by atoms with Crippen molar-refractivity contribution in [2.75, 3.05) is 23.8 Å². The summed E-state index contributed by atoms with van der Waals surface area (Å²) in [7, 11) is 0. The first-order valence-electron chi connectivity index (χ1n) is 10.1. The average molecular weight is 396 g/mol. The third-order valence-corrected chi connectivity index (χ3v) is 4.44. The Morgan fingerprint density at radius 1 is 0.966 bits per heavy atom. The van der Waals surface area contributed by atoms with Crippen LogP contribution in [0.3, 0.4) is 0 Å². The quantitative estimate of drug-likeness (QED) is 0.643. The van der Waals surface area contributed by atoms with Crippen LogP contribution in [0.2, 0.25) is 0 Å². The minimum Gasteiger partial charge on any atom is -0.490 e. The summed E-state index contributed by atoms with van der Waals surface area (Å²) in [6.07, 6.45) is 1.93. The van der Waals surface area contributed by atoms with Crippen LogP contribution in [0.4, 0.5) is 11.4 Å². The second kappa shape index (κ2) is 9.45. The van der Waals surface area contributed by atoms with Gasteiger partial charge in [0, 0.05) is 22.9 Å². The molecule has 0 saturated heterocycles. The van der Waals surface area contributed by atoms with Gasteiger partial charge < -0.3 is 20.1 Å². The molecule has 0 spiro atoms. The van der Waals surface area contributed by atoms with Gasteiger partial charge in [0.25, 0.3) is 5.91 Å². The van der Waals surface area contributed by atoms with Crippen LogP contribution in [-0.2, 0) is 4.79 Å². The van der Waals surface area contributed by atoms with Crippen LogP contribution in [0.5, 0.6) is 11.5 Å². The molecule has 0 radical (unpaired) electrons. The number of benzene rings is 2. The molecule has 29 heavy (non-hydrogen) atoms. The van der Waals surface area contributed by atoms with Gasteiger partial charge in [-0.05, 0) is 68.1 Å². The molecule has 1 aliphatic carbocycles. The first-order chi connectivity index (χ1) is 14.0. The van der Waals surface area contributed by atoms with Gasteiger partial charge in [0.05, 0.1) is 13.2 Å². The molecule has 2 aromatic carbocycles. The smallest absolute Gasteiger partial charge is 0.255 e. The first-order valence-corrected chi connectivity index (χ1v) is 10.1. The van der Waals surface area contributed by atoms with E-state index < -0.39 is 0 Å². The summed E-state index contributed by atoms with van der Waals surface area (Å²) in [5.41, 5.74) is 1.86. The Labute approximate surface area is 171 Å². The maximum atomic E-state index is 12.6. The normalized spacial score (nSPS) is 13.1. The maximum Gasteiger partial charge on any atom is 0.255 e. The van der Waals surface area contributed by atoms with E-state index in [1.165, 1.54) is 0 Å². The summed E-state index contributed by atoms with van der Waals surface area (Å²) < 4.78 is 11.4. The topological polar surface area (TPSA) is 76.7 Å². The van der Waals surface area contributed by atoms with Gasteiger partial charge in [-0.1, -0.05) is 13.8 Å². The van der Waals surface area contributed by atoms with Gasteiger partial charge in [-0.25, -0.2) is 0 Å². The van der Waals surface area contributed by atoms with Crippen LogP contribution >= 0.6 is 0 Å². The lowest BCUT2D eigenvalue weighted by molar-refractivity contribution is -0.117. The van der Waals surface area contributed by atoms with Crippen molar-refractivity contribution in [3.05, 3.63) is 48.0 Å². The summed E-state index contributed by atoms with van der Waals surface area (Å²) in [5.74, 6) is 1.55. The van der Waals surface area contributed by atoms with E-state index in [4.69, 9.17) is 9.47 Å². The highest BCUT2D eigenvalue weighted by Gasteiger charge is 2.29. The van der Waals surface area contributed by atoms with Crippen molar-refractivity contribution in [2.45, 2.75) is 33.6 Å². The third kappa shape index (κ3) is 5.98. The van der Waals surface area contributed by atoms with Crippen molar-refractivity contribution >= 4 is 23.2 Å². The standard InChI is InChI=1S/C23H28N2O4/c1-4-28-21-13-17(7-12-20(21)29-14-15(2)3)23(27)25-19-10-8-18(9-11-19)24-22(26)16-5-6-16/h7-13,15-16H,4-6,14H2,1-3H3,(H,24,26)(H,25,27). The minimum absolute atomic E-state index is 0.0602. The highest BCUT2D eigenvalue weighted by Crippen LogP contribution is 2.31. The molecule has 0 unspecified atom stereocenters. The molecule has 1 fully saturated rings. The van der Waals surface area contributed by atoms with Crippen LogP contribution in [0.25, 0.3) is 0 Å². The fraction of sp³-hybridized carbons (Fsp3) is 0.391. The van der Waals surface area contributed by atoms with E-state index in [2.05, 4.69) is 24.5 Å². The Balaban J connectivity index is 1.64. The van der Waals surface area contributed by atoms with Crippen LogP contribution in [0, 0.1) is 11.8 Å². The van der Waals surface area contributed by atoms with Crippen LogP contribution in [0.1, 0.15) is 44.0 Å². The molecule has 0 atom stereocenters. The van der Waals surface area contributed by atoms with E-state index in [0.29, 0.717) is 41.9 Å². The molecule has 2 amide bonds. The van der Waals surface area contributed by atoms with Crippen molar-refractivity contribution in [3.63, 3.8) is 0 Å². The molecule has 2 aromatic rings. The molecule has 2 N–H and O–H groups in total.